The predicted octanol–water partition coefficient (Wildman–Crippen LogP) is 2.35. The second kappa shape index (κ2) is 4.95. The van der Waals surface area contributed by atoms with Gasteiger partial charge in [0, 0.05) is 22.6 Å². The summed E-state index contributed by atoms with van der Waals surface area (Å²) < 4.78 is 27.0. The van der Waals surface area contributed by atoms with E-state index in [0.29, 0.717) is 10.2 Å². The lowest BCUT2D eigenvalue weighted by molar-refractivity contribution is 0.475. The van der Waals surface area contributed by atoms with Gasteiger partial charge in [0.2, 0.25) is 0 Å². The number of pyridine rings is 1. The highest BCUT2D eigenvalue weighted by molar-refractivity contribution is 9.10. The van der Waals surface area contributed by atoms with Crippen molar-refractivity contribution in [3.8, 4) is 5.75 Å². The minimum atomic E-state index is -3.67. The number of phenols is 1. The summed E-state index contributed by atoms with van der Waals surface area (Å²) in [7, 11) is -3.67. The highest BCUT2D eigenvalue weighted by Gasteiger charge is 2.14. The van der Waals surface area contributed by atoms with Crippen LogP contribution in [0.1, 0.15) is 0 Å². The summed E-state index contributed by atoms with van der Waals surface area (Å²) in [6, 6.07) is 7.19. The fourth-order valence-corrected chi connectivity index (χ4v) is 2.85. The van der Waals surface area contributed by atoms with Crippen molar-refractivity contribution in [1.29, 1.82) is 0 Å². The average Bonchev–Trinajstić information content (AvgIpc) is 2.32. The molecule has 0 unspecified atom stereocenters. The van der Waals surface area contributed by atoms with Gasteiger partial charge < -0.3 is 5.11 Å². The maximum absolute atomic E-state index is 12.0. The second-order valence-corrected chi connectivity index (χ2v) is 6.09. The van der Waals surface area contributed by atoms with Crippen molar-refractivity contribution in [3.63, 3.8) is 0 Å². The van der Waals surface area contributed by atoms with Crippen molar-refractivity contribution in [2.45, 2.75) is 4.90 Å². The van der Waals surface area contributed by atoms with Gasteiger partial charge in [-0.25, -0.2) is 8.42 Å². The number of benzene rings is 1. The molecule has 0 atom stereocenters. The van der Waals surface area contributed by atoms with E-state index < -0.39 is 10.0 Å². The largest absolute Gasteiger partial charge is 0.508 e. The Morgan fingerprint density at radius 1 is 1.17 bits per heavy atom. The Morgan fingerprint density at radius 2 is 1.83 bits per heavy atom. The summed E-state index contributed by atoms with van der Waals surface area (Å²) in [5.41, 5.74) is 0.368. The molecule has 1 heterocycles. The average molecular weight is 329 g/mol. The van der Waals surface area contributed by atoms with E-state index in [9.17, 15) is 8.42 Å². The van der Waals surface area contributed by atoms with Crippen LogP contribution in [0.15, 0.2) is 52.1 Å². The van der Waals surface area contributed by atoms with E-state index in [-0.39, 0.29) is 10.6 Å². The van der Waals surface area contributed by atoms with Crippen LogP contribution in [-0.4, -0.2) is 18.5 Å². The van der Waals surface area contributed by atoms with Crippen LogP contribution in [0.2, 0.25) is 0 Å². The zero-order valence-electron chi connectivity index (χ0n) is 9.04. The lowest BCUT2D eigenvalue weighted by atomic mass is 10.3. The molecule has 2 aromatic rings. The smallest absolute Gasteiger partial charge is 0.263 e. The summed E-state index contributed by atoms with van der Waals surface area (Å²) in [4.78, 5) is 3.86. The van der Waals surface area contributed by atoms with Gasteiger partial charge in [0.05, 0.1) is 0 Å². The molecule has 0 saturated carbocycles. The summed E-state index contributed by atoms with van der Waals surface area (Å²) in [6.45, 7) is 0. The molecule has 0 amide bonds. The number of aromatic hydroxyl groups is 1. The van der Waals surface area contributed by atoms with Crippen LogP contribution in [0.25, 0.3) is 0 Å². The molecule has 7 heteroatoms. The van der Waals surface area contributed by atoms with E-state index in [0.717, 1.165) is 0 Å². The first-order chi connectivity index (χ1) is 8.47. The molecule has 1 aromatic carbocycles. The maximum Gasteiger partial charge on any atom is 0.263 e. The Bertz CT molecular complexity index is 656. The molecule has 0 bridgehead atoms. The number of hydrogen-bond acceptors (Lipinski definition) is 4. The lowest BCUT2D eigenvalue weighted by Crippen LogP contribution is -2.13. The van der Waals surface area contributed by atoms with Crippen molar-refractivity contribution >= 4 is 31.6 Å². The van der Waals surface area contributed by atoms with Crippen LogP contribution in [0.4, 0.5) is 5.69 Å². The fraction of sp³-hybridized carbons (Fsp3) is 0. The van der Waals surface area contributed by atoms with E-state index >= 15 is 0 Å². The van der Waals surface area contributed by atoms with Crippen LogP contribution in [0.3, 0.4) is 0 Å². The number of hydrogen-bond donors (Lipinski definition) is 2. The van der Waals surface area contributed by atoms with Gasteiger partial charge >= 0.3 is 0 Å². The van der Waals surface area contributed by atoms with Gasteiger partial charge in [-0.2, -0.15) is 0 Å². The minimum Gasteiger partial charge on any atom is -0.508 e. The molecule has 0 spiro atoms. The van der Waals surface area contributed by atoms with E-state index in [4.69, 9.17) is 5.11 Å². The molecule has 0 aliphatic rings. The number of sulfonamides is 1. The van der Waals surface area contributed by atoms with Gasteiger partial charge in [-0.05, 0) is 46.3 Å². The van der Waals surface area contributed by atoms with Crippen molar-refractivity contribution in [2.75, 3.05) is 4.72 Å². The van der Waals surface area contributed by atoms with Crippen LogP contribution in [-0.2, 0) is 10.0 Å². The number of anilines is 1. The van der Waals surface area contributed by atoms with Crippen LogP contribution < -0.4 is 4.72 Å². The molecule has 0 fully saturated rings. The molecule has 2 rings (SSSR count). The monoisotopic (exact) mass is 328 g/mol. The third-order valence-corrected chi connectivity index (χ3v) is 3.89. The Labute approximate surface area is 113 Å². The second-order valence-electron chi connectivity index (χ2n) is 3.49. The van der Waals surface area contributed by atoms with Crippen LogP contribution in [0.5, 0.6) is 5.75 Å². The SMILES string of the molecule is O=S(=O)(Nc1ccc(O)cc1)c1cncc(Br)c1. The molecule has 94 valence electrons. The summed E-state index contributed by atoms with van der Waals surface area (Å²) in [6.07, 6.45) is 2.76. The molecule has 0 radical (unpaired) electrons. The number of halogens is 1. The van der Waals surface area contributed by atoms with Crippen molar-refractivity contribution in [3.05, 3.63) is 47.2 Å². The standard InChI is InChI=1S/C11H9BrN2O3S/c12-8-5-11(7-13-6-8)18(16,17)14-9-1-3-10(15)4-2-9/h1-7,14-15H. The molecule has 18 heavy (non-hydrogen) atoms. The van der Waals surface area contributed by atoms with Gasteiger partial charge in [-0.1, -0.05) is 0 Å². The van der Waals surface area contributed by atoms with Gasteiger partial charge in [0.25, 0.3) is 10.0 Å². The van der Waals surface area contributed by atoms with E-state index in [1.807, 2.05) is 0 Å². The summed E-state index contributed by atoms with van der Waals surface area (Å²) in [5.74, 6) is 0.0714. The number of nitrogens with zero attached hydrogens (tertiary/aromatic N) is 1. The fourth-order valence-electron chi connectivity index (χ4n) is 1.28. The van der Waals surface area contributed by atoms with Crippen molar-refractivity contribution in [1.82, 2.24) is 4.98 Å². The number of phenolic OH excluding ortho intramolecular Hbond substituents is 1. The molecular weight excluding hydrogens is 320 g/mol. The number of nitrogens with one attached hydrogen (secondary N) is 1. The number of rotatable bonds is 3. The first kappa shape index (κ1) is 12.8. The highest BCUT2D eigenvalue weighted by atomic mass is 79.9. The first-order valence-corrected chi connectivity index (χ1v) is 7.17. The Balaban J connectivity index is 2.30. The van der Waals surface area contributed by atoms with E-state index in [1.54, 1.807) is 0 Å². The molecule has 2 N–H and O–H groups in total. The predicted molar refractivity (Wildman–Crippen MR) is 70.9 cm³/mol. The maximum atomic E-state index is 12.0. The van der Waals surface area contributed by atoms with Crippen LogP contribution in [0, 0.1) is 0 Å². The molecule has 5 nitrogen and oxygen atoms in total. The van der Waals surface area contributed by atoms with Gasteiger partial charge in [-0.3, -0.25) is 9.71 Å². The van der Waals surface area contributed by atoms with Crippen molar-refractivity contribution in [2.24, 2.45) is 0 Å². The molecule has 0 saturated heterocycles. The molecule has 1 aromatic heterocycles. The quantitative estimate of drug-likeness (QED) is 0.847. The number of aromatic nitrogens is 1. The summed E-state index contributed by atoms with van der Waals surface area (Å²) in [5, 5.41) is 9.11. The first-order valence-electron chi connectivity index (χ1n) is 4.90. The molecular formula is C11H9BrN2O3S. The summed E-state index contributed by atoms with van der Waals surface area (Å²) >= 11 is 3.16. The lowest BCUT2D eigenvalue weighted by Gasteiger charge is -2.07. The molecule has 0 aliphatic heterocycles. The Morgan fingerprint density at radius 3 is 2.44 bits per heavy atom. The van der Waals surface area contributed by atoms with E-state index in [1.165, 1.54) is 42.7 Å². The van der Waals surface area contributed by atoms with Gasteiger partial charge in [0.1, 0.15) is 10.6 Å². The third kappa shape index (κ3) is 2.99. The minimum absolute atomic E-state index is 0.0601. The molecule has 0 aliphatic carbocycles. The third-order valence-electron chi connectivity index (χ3n) is 2.11. The van der Waals surface area contributed by atoms with Crippen molar-refractivity contribution < 1.29 is 13.5 Å². The van der Waals surface area contributed by atoms with Gasteiger partial charge in [-0.15, -0.1) is 0 Å². The Hall–Kier alpha value is -1.60. The van der Waals surface area contributed by atoms with Crippen LogP contribution >= 0.6 is 15.9 Å². The van der Waals surface area contributed by atoms with E-state index in [2.05, 4.69) is 25.6 Å². The zero-order chi connectivity index (χ0) is 13.2. The topological polar surface area (TPSA) is 79.3 Å². The normalized spacial score (nSPS) is 11.2. The zero-order valence-corrected chi connectivity index (χ0v) is 11.4. The Kier molecular flexibility index (Phi) is 3.53. The highest BCUT2D eigenvalue weighted by Crippen LogP contribution is 2.20. The van der Waals surface area contributed by atoms with Gasteiger partial charge in [0.15, 0.2) is 0 Å².